The highest BCUT2D eigenvalue weighted by Gasteiger charge is 2.49. The van der Waals surface area contributed by atoms with Crippen LogP contribution in [0.1, 0.15) is 0 Å². The second-order valence-electron chi connectivity index (χ2n) is 6.61. The van der Waals surface area contributed by atoms with Crippen molar-refractivity contribution in [3.8, 4) is 5.75 Å². The van der Waals surface area contributed by atoms with Crippen molar-refractivity contribution < 1.29 is 19.1 Å². The van der Waals surface area contributed by atoms with E-state index in [1.165, 1.54) is 12.0 Å². The molecule has 1 atom stereocenters. The molecule has 144 valence electrons. The fourth-order valence-corrected chi connectivity index (χ4v) is 3.49. The van der Waals surface area contributed by atoms with Gasteiger partial charge in [0, 0.05) is 24.8 Å². The molecule has 4 rings (SSSR count). The van der Waals surface area contributed by atoms with Crippen LogP contribution >= 0.6 is 0 Å². The maximum atomic E-state index is 12.9. The molecule has 2 aromatic rings. The molecule has 2 heterocycles. The van der Waals surface area contributed by atoms with E-state index in [1.54, 1.807) is 41.3 Å². The van der Waals surface area contributed by atoms with E-state index < -0.39 is 6.04 Å². The Balaban J connectivity index is 1.50. The maximum absolute atomic E-state index is 12.9. The molecule has 2 aliphatic heterocycles. The first-order valence-corrected chi connectivity index (χ1v) is 8.98. The number of carbonyl (C=O) groups excluding carboxylic acids is 3. The van der Waals surface area contributed by atoms with Gasteiger partial charge < -0.3 is 19.9 Å². The monoisotopic (exact) mass is 380 g/mol. The fraction of sp³-hybridized carbons (Fsp3) is 0.250. The van der Waals surface area contributed by atoms with Crippen molar-refractivity contribution in [2.45, 2.75) is 6.04 Å². The summed E-state index contributed by atoms with van der Waals surface area (Å²) in [5, 5.41) is 2.82. The standard InChI is InChI=1S/C20H20N4O4/c1-28-16-9-5-8-15(12-16)24-18(25)17-13-22(10-11-23(17)20(24)27)19(26)21-14-6-3-2-4-7-14/h2-9,12,17H,10-11,13H2,1H3,(H,21,26)/t17-/m0/s1. The molecule has 2 fully saturated rings. The van der Waals surface area contributed by atoms with E-state index in [4.69, 9.17) is 4.74 Å². The van der Waals surface area contributed by atoms with Gasteiger partial charge >= 0.3 is 12.1 Å². The van der Waals surface area contributed by atoms with Crippen molar-refractivity contribution >= 4 is 29.3 Å². The molecule has 0 aromatic heterocycles. The minimum atomic E-state index is -0.686. The minimum Gasteiger partial charge on any atom is -0.497 e. The maximum Gasteiger partial charge on any atom is 0.332 e. The average Bonchev–Trinajstić information content (AvgIpc) is 2.98. The largest absolute Gasteiger partial charge is 0.497 e. The topological polar surface area (TPSA) is 82.2 Å². The fourth-order valence-electron chi connectivity index (χ4n) is 3.49. The number of benzene rings is 2. The molecule has 28 heavy (non-hydrogen) atoms. The highest BCUT2D eigenvalue weighted by molar-refractivity contribution is 6.21. The predicted molar refractivity (Wildman–Crippen MR) is 103 cm³/mol. The number of rotatable bonds is 3. The van der Waals surface area contributed by atoms with Gasteiger partial charge in [-0.15, -0.1) is 0 Å². The van der Waals surface area contributed by atoms with Crippen molar-refractivity contribution in [1.29, 1.82) is 0 Å². The number of carbonyl (C=O) groups is 3. The lowest BCUT2D eigenvalue weighted by Crippen LogP contribution is -2.55. The molecule has 0 radical (unpaired) electrons. The van der Waals surface area contributed by atoms with Crippen LogP contribution in [0, 0.1) is 0 Å². The normalized spacial score (nSPS) is 18.9. The third-order valence-corrected chi connectivity index (χ3v) is 4.95. The third kappa shape index (κ3) is 3.13. The Morgan fingerprint density at radius 1 is 1.07 bits per heavy atom. The van der Waals surface area contributed by atoms with Crippen LogP contribution in [0.3, 0.4) is 0 Å². The second kappa shape index (κ2) is 7.22. The molecule has 8 nitrogen and oxygen atoms in total. The number of anilines is 2. The number of amides is 5. The number of fused-ring (bicyclic) bond motifs is 1. The Labute approximate surface area is 162 Å². The van der Waals surface area contributed by atoms with Crippen LogP contribution in [0.25, 0.3) is 0 Å². The number of imide groups is 1. The Morgan fingerprint density at radius 3 is 2.61 bits per heavy atom. The van der Waals surface area contributed by atoms with E-state index in [2.05, 4.69) is 5.32 Å². The molecule has 1 N–H and O–H groups in total. The van der Waals surface area contributed by atoms with Gasteiger partial charge in [0.1, 0.15) is 11.8 Å². The minimum absolute atomic E-state index is 0.156. The molecule has 2 aromatic carbocycles. The molecule has 0 unspecified atom stereocenters. The molecular formula is C20H20N4O4. The lowest BCUT2D eigenvalue weighted by Gasteiger charge is -2.35. The quantitative estimate of drug-likeness (QED) is 0.829. The molecule has 0 aliphatic carbocycles. The summed E-state index contributed by atoms with van der Waals surface area (Å²) in [5.74, 6) is 0.224. The van der Waals surface area contributed by atoms with E-state index in [9.17, 15) is 14.4 Å². The summed E-state index contributed by atoms with van der Waals surface area (Å²) in [7, 11) is 1.53. The Morgan fingerprint density at radius 2 is 1.86 bits per heavy atom. The first-order chi connectivity index (χ1) is 13.6. The van der Waals surface area contributed by atoms with E-state index in [0.717, 1.165) is 4.90 Å². The summed E-state index contributed by atoms with van der Waals surface area (Å²) in [5.41, 5.74) is 1.14. The van der Waals surface area contributed by atoms with Gasteiger partial charge in [-0.1, -0.05) is 24.3 Å². The zero-order chi connectivity index (χ0) is 19.7. The van der Waals surface area contributed by atoms with E-state index >= 15 is 0 Å². The number of hydrogen-bond donors (Lipinski definition) is 1. The predicted octanol–water partition coefficient (Wildman–Crippen LogP) is 2.38. The van der Waals surface area contributed by atoms with Crippen molar-refractivity contribution in [3.05, 3.63) is 54.6 Å². The summed E-state index contributed by atoms with van der Waals surface area (Å²) in [6.45, 7) is 0.821. The van der Waals surface area contributed by atoms with E-state index in [0.29, 0.717) is 30.2 Å². The Bertz CT molecular complexity index is 917. The number of piperazine rings is 1. The van der Waals surface area contributed by atoms with Crippen LogP contribution < -0.4 is 15.0 Å². The van der Waals surface area contributed by atoms with Gasteiger partial charge in [-0.05, 0) is 24.3 Å². The average molecular weight is 380 g/mol. The zero-order valence-electron chi connectivity index (χ0n) is 15.4. The molecule has 0 bridgehead atoms. The van der Waals surface area contributed by atoms with Gasteiger partial charge in [0.15, 0.2) is 0 Å². The summed E-state index contributed by atoms with van der Waals surface area (Å²) in [6.07, 6.45) is 0. The van der Waals surface area contributed by atoms with Crippen LogP contribution in [0.4, 0.5) is 21.0 Å². The van der Waals surface area contributed by atoms with Gasteiger partial charge in [-0.25, -0.2) is 14.5 Å². The number of urea groups is 2. The number of para-hydroxylation sites is 1. The third-order valence-electron chi connectivity index (χ3n) is 4.95. The van der Waals surface area contributed by atoms with Crippen molar-refractivity contribution in [2.75, 3.05) is 37.0 Å². The molecular weight excluding hydrogens is 360 g/mol. The van der Waals surface area contributed by atoms with Gasteiger partial charge in [-0.3, -0.25) is 4.79 Å². The van der Waals surface area contributed by atoms with Crippen LogP contribution in [0.5, 0.6) is 5.75 Å². The van der Waals surface area contributed by atoms with Crippen LogP contribution in [-0.4, -0.2) is 60.6 Å². The van der Waals surface area contributed by atoms with Gasteiger partial charge in [0.2, 0.25) is 0 Å². The summed E-state index contributed by atoms with van der Waals surface area (Å²) < 4.78 is 5.18. The second-order valence-corrected chi connectivity index (χ2v) is 6.61. The van der Waals surface area contributed by atoms with Gasteiger partial charge in [-0.2, -0.15) is 0 Å². The van der Waals surface area contributed by atoms with E-state index in [-0.39, 0.29) is 24.5 Å². The van der Waals surface area contributed by atoms with Crippen molar-refractivity contribution in [1.82, 2.24) is 9.80 Å². The lowest BCUT2D eigenvalue weighted by atomic mass is 10.2. The van der Waals surface area contributed by atoms with Gasteiger partial charge in [0.25, 0.3) is 5.91 Å². The first kappa shape index (κ1) is 17.8. The molecule has 8 heteroatoms. The number of nitrogens with one attached hydrogen (secondary N) is 1. The van der Waals surface area contributed by atoms with Crippen molar-refractivity contribution in [2.24, 2.45) is 0 Å². The molecule has 2 saturated heterocycles. The molecule has 2 aliphatic rings. The lowest BCUT2D eigenvalue weighted by molar-refractivity contribution is -0.120. The smallest absolute Gasteiger partial charge is 0.332 e. The van der Waals surface area contributed by atoms with E-state index in [1.807, 2.05) is 18.2 Å². The highest BCUT2D eigenvalue weighted by Crippen LogP contribution is 2.29. The summed E-state index contributed by atoms with van der Waals surface area (Å²) >= 11 is 0. The number of ether oxygens (including phenoxy) is 1. The van der Waals surface area contributed by atoms with Crippen LogP contribution in [0.15, 0.2) is 54.6 Å². The van der Waals surface area contributed by atoms with Crippen LogP contribution in [-0.2, 0) is 4.79 Å². The SMILES string of the molecule is COc1cccc(N2C(=O)[C@@H]3CN(C(=O)Nc4ccccc4)CCN3C2=O)c1. The first-order valence-electron chi connectivity index (χ1n) is 8.98. The highest BCUT2D eigenvalue weighted by atomic mass is 16.5. The summed E-state index contributed by atoms with van der Waals surface area (Å²) in [6, 6.07) is 14.6. The number of nitrogens with zero attached hydrogens (tertiary/aromatic N) is 3. The summed E-state index contributed by atoms with van der Waals surface area (Å²) in [4.78, 5) is 42.5. The Kier molecular flexibility index (Phi) is 4.60. The zero-order valence-corrected chi connectivity index (χ0v) is 15.4. The van der Waals surface area contributed by atoms with Crippen molar-refractivity contribution in [3.63, 3.8) is 0 Å². The van der Waals surface area contributed by atoms with Gasteiger partial charge in [0.05, 0.1) is 19.3 Å². The Hall–Kier alpha value is -3.55. The molecule has 0 saturated carbocycles. The number of methoxy groups -OCH3 is 1. The van der Waals surface area contributed by atoms with Crippen LogP contribution in [0.2, 0.25) is 0 Å². The molecule has 5 amide bonds. The molecule has 0 spiro atoms. The number of hydrogen-bond acceptors (Lipinski definition) is 4.